The Morgan fingerprint density at radius 3 is 2.77 bits per heavy atom. The lowest BCUT2D eigenvalue weighted by Gasteiger charge is -2.59. The average Bonchev–Trinajstić information content (AvgIpc) is 3.27. The lowest BCUT2D eigenvalue weighted by molar-refractivity contribution is -0.147. The Kier molecular flexibility index (Phi) is 5.42. The largest absolute Gasteiger partial charge is 0.481 e. The molecular weight excluding hydrogens is 496 g/mol. The van der Waals surface area contributed by atoms with Crippen molar-refractivity contribution in [3.8, 4) is 16.9 Å². The van der Waals surface area contributed by atoms with Crippen LogP contribution in [0.25, 0.3) is 11.1 Å². The number of nitrogens with zero attached hydrogens (tertiary/aromatic N) is 1. The van der Waals surface area contributed by atoms with Gasteiger partial charge >= 0.3 is 5.69 Å². The number of hydrogen-bond donors (Lipinski definition) is 3. The minimum absolute atomic E-state index is 0.0173. The van der Waals surface area contributed by atoms with Crippen LogP contribution in [-0.2, 0) is 27.8 Å². The quantitative estimate of drug-likeness (QED) is 0.465. The van der Waals surface area contributed by atoms with Gasteiger partial charge in [0, 0.05) is 36.2 Å². The summed E-state index contributed by atoms with van der Waals surface area (Å²) in [6.45, 7) is 0.476. The van der Waals surface area contributed by atoms with Crippen molar-refractivity contribution in [3.05, 3.63) is 86.2 Å². The molecule has 3 aromatic rings. The fourth-order valence-electron chi connectivity index (χ4n) is 7.74. The van der Waals surface area contributed by atoms with Crippen molar-refractivity contribution in [3.63, 3.8) is 0 Å². The SMILES string of the molecule is CN1C(C(=O)NCCc2ccc(-c3c[nH]c(=O)[nH]c3=O)cc2)C[C@]23c4c5cccc4O[C@H]2C(=O)CCC3[C@H]1C5. The van der Waals surface area contributed by atoms with Crippen LogP contribution in [0.1, 0.15) is 36.0 Å². The van der Waals surface area contributed by atoms with Crippen molar-refractivity contribution in [2.24, 2.45) is 5.92 Å². The van der Waals surface area contributed by atoms with Gasteiger partial charge in [-0.15, -0.1) is 0 Å². The molecule has 2 aliphatic heterocycles. The van der Waals surface area contributed by atoms with E-state index in [0.717, 1.165) is 24.2 Å². The van der Waals surface area contributed by atoms with Gasteiger partial charge in [0.05, 0.1) is 11.6 Å². The van der Waals surface area contributed by atoms with E-state index in [1.807, 2.05) is 36.4 Å². The highest BCUT2D eigenvalue weighted by molar-refractivity contribution is 5.90. The van der Waals surface area contributed by atoms with E-state index in [-0.39, 0.29) is 23.8 Å². The fourth-order valence-corrected chi connectivity index (χ4v) is 7.74. The van der Waals surface area contributed by atoms with Crippen LogP contribution in [0, 0.1) is 5.92 Å². The van der Waals surface area contributed by atoms with E-state index >= 15 is 0 Å². The van der Waals surface area contributed by atoms with E-state index in [0.29, 0.717) is 42.9 Å². The average molecular weight is 527 g/mol. The molecule has 1 aromatic heterocycles. The summed E-state index contributed by atoms with van der Waals surface area (Å²) in [5, 5.41) is 3.14. The van der Waals surface area contributed by atoms with Crippen LogP contribution in [-0.4, -0.2) is 58.3 Å². The number of piperidine rings is 1. The van der Waals surface area contributed by atoms with Crippen LogP contribution in [0.3, 0.4) is 0 Å². The van der Waals surface area contributed by atoms with E-state index in [1.54, 1.807) is 0 Å². The molecule has 2 aromatic carbocycles. The summed E-state index contributed by atoms with van der Waals surface area (Å²) in [6, 6.07) is 13.5. The van der Waals surface area contributed by atoms with Crippen molar-refractivity contribution < 1.29 is 14.3 Å². The molecule has 3 heterocycles. The highest BCUT2D eigenvalue weighted by atomic mass is 16.5. The molecule has 2 fully saturated rings. The van der Waals surface area contributed by atoms with Crippen molar-refractivity contribution in [2.75, 3.05) is 13.6 Å². The van der Waals surface area contributed by atoms with E-state index in [9.17, 15) is 19.2 Å². The zero-order valence-corrected chi connectivity index (χ0v) is 21.7. The molecule has 1 saturated heterocycles. The van der Waals surface area contributed by atoms with Gasteiger partial charge in [-0.25, -0.2) is 4.79 Å². The van der Waals surface area contributed by atoms with Gasteiger partial charge in [0.15, 0.2) is 11.9 Å². The molecule has 2 aliphatic carbocycles. The Morgan fingerprint density at radius 2 is 1.97 bits per heavy atom. The molecule has 0 radical (unpaired) electrons. The van der Waals surface area contributed by atoms with E-state index in [2.05, 4.69) is 33.3 Å². The second-order valence-corrected chi connectivity index (χ2v) is 11.3. The molecule has 39 heavy (non-hydrogen) atoms. The Morgan fingerprint density at radius 1 is 1.15 bits per heavy atom. The predicted octanol–water partition coefficient (Wildman–Crippen LogP) is 1.70. The molecule has 7 rings (SSSR count). The highest BCUT2D eigenvalue weighted by Gasteiger charge is 2.67. The minimum atomic E-state index is -0.539. The first-order valence-corrected chi connectivity index (χ1v) is 13.6. The molecule has 9 heteroatoms. The molecule has 1 saturated carbocycles. The van der Waals surface area contributed by atoms with Crippen LogP contribution < -0.4 is 21.3 Å². The van der Waals surface area contributed by atoms with Crippen LogP contribution in [0.15, 0.2) is 58.3 Å². The summed E-state index contributed by atoms with van der Waals surface area (Å²) in [5.74, 6) is 1.27. The number of hydrogen-bond acceptors (Lipinski definition) is 6. The Hall–Kier alpha value is -3.98. The number of rotatable bonds is 5. The Balaban J connectivity index is 1.07. The van der Waals surface area contributed by atoms with Crippen molar-refractivity contribution >= 4 is 11.7 Å². The number of benzene rings is 2. The van der Waals surface area contributed by atoms with Gasteiger partial charge in [-0.3, -0.25) is 24.3 Å². The van der Waals surface area contributed by atoms with Gasteiger partial charge in [0.2, 0.25) is 5.91 Å². The molecule has 1 amide bonds. The number of carbonyl (C=O) groups excluding carboxylic acids is 2. The van der Waals surface area contributed by atoms with E-state index in [4.69, 9.17) is 4.74 Å². The van der Waals surface area contributed by atoms with Crippen LogP contribution in [0.2, 0.25) is 0 Å². The number of amides is 1. The van der Waals surface area contributed by atoms with Gasteiger partial charge < -0.3 is 15.0 Å². The minimum Gasteiger partial charge on any atom is -0.481 e. The van der Waals surface area contributed by atoms with Gasteiger partial charge in [-0.2, -0.15) is 0 Å². The number of likely N-dealkylation sites (tertiary alicyclic amines) is 1. The number of ether oxygens (including phenoxy) is 1. The molecule has 2 unspecified atom stereocenters. The molecule has 9 nitrogen and oxygen atoms in total. The summed E-state index contributed by atoms with van der Waals surface area (Å²) < 4.78 is 6.31. The van der Waals surface area contributed by atoms with Crippen molar-refractivity contribution in [1.29, 1.82) is 0 Å². The number of Topliss-reactive ketones (excluding diaryl/α,β-unsaturated/α-hetero) is 1. The second-order valence-electron chi connectivity index (χ2n) is 11.3. The summed E-state index contributed by atoms with van der Waals surface area (Å²) in [6.07, 6.45) is 4.38. The summed E-state index contributed by atoms with van der Waals surface area (Å²) in [7, 11) is 2.05. The Bertz CT molecular complexity index is 1610. The molecule has 4 aliphatic rings. The van der Waals surface area contributed by atoms with Gasteiger partial charge in [0.25, 0.3) is 5.56 Å². The number of aromatic amines is 2. The first-order valence-electron chi connectivity index (χ1n) is 13.6. The number of nitrogens with one attached hydrogen (secondary N) is 3. The topological polar surface area (TPSA) is 124 Å². The maximum absolute atomic E-state index is 13.6. The van der Waals surface area contributed by atoms with Crippen LogP contribution >= 0.6 is 0 Å². The third-order valence-corrected chi connectivity index (χ3v) is 9.49. The maximum Gasteiger partial charge on any atom is 0.325 e. The standard InChI is InChI=1S/C30H30N4O5/c1-34-21-13-18-3-2-4-24-25(18)30(20(21)9-10-23(35)26(30)39-24)14-22(34)28(37)31-12-11-16-5-7-17(8-6-16)19-15-32-29(38)33-27(19)36/h2-8,15,20-22,26H,9-14H2,1H3,(H,31,37)(H2,32,33,36,38)/t20?,21-,22?,26+,30+/m1/s1. The maximum atomic E-state index is 13.6. The van der Waals surface area contributed by atoms with E-state index in [1.165, 1.54) is 17.3 Å². The van der Waals surface area contributed by atoms with Crippen molar-refractivity contribution in [2.45, 2.75) is 55.7 Å². The second kappa shape index (κ2) is 8.77. The molecule has 5 atom stereocenters. The van der Waals surface area contributed by atoms with Gasteiger partial charge in [-0.05, 0) is 61.4 Å². The third kappa shape index (κ3) is 3.56. The number of H-pyrrole nitrogens is 2. The third-order valence-electron chi connectivity index (χ3n) is 9.49. The molecule has 1 spiro atoms. The van der Waals surface area contributed by atoms with E-state index < -0.39 is 22.8 Å². The lowest BCUT2D eigenvalue weighted by atomic mass is 9.50. The highest BCUT2D eigenvalue weighted by Crippen LogP contribution is 2.62. The molecular formula is C30H30N4O5. The van der Waals surface area contributed by atoms with Crippen LogP contribution in [0.5, 0.6) is 5.75 Å². The predicted molar refractivity (Wildman–Crippen MR) is 144 cm³/mol. The Labute approximate surface area is 224 Å². The molecule has 3 N–H and O–H groups in total. The number of carbonyl (C=O) groups is 2. The van der Waals surface area contributed by atoms with Gasteiger partial charge in [0.1, 0.15) is 5.75 Å². The number of likely N-dealkylation sites (N-methyl/N-ethyl adjacent to an activating group) is 1. The molecule has 200 valence electrons. The van der Waals surface area contributed by atoms with Gasteiger partial charge in [-0.1, -0.05) is 36.4 Å². The zero-order chi connectivity index (χ0) is 26.9. The monoisotopic (exact) mass is 526 g/mol. The summed E-state index contributed by atoms with van der Waals surface area (Å²) in [5.41, 5.74) is 3.15. The first kappa shape index (κ1) is 24.1. The number of aromatic nitrogens is 2. The smallest absolute Gasteiger partial charge is 0.325 e. The normalized spacial score (nSPS) is 28.5. The van der Waals surface area contributed by atoms with Crippen molar-refractivity contribution in [1.82, 2.24) is 20.2 Å². The lowest BCUT2D eigenvalue weighted by Crippen LogP contribution is -2.70. The summed E-state index contributed by atoms with van der Waals surface area (Å²) in [4.78, 5) is 57.0. The summed E-state index contributed by atoms with van der Waals surface area (Å²) >= 11 is 0. The fraction of sp³-hybridized carbons (Fsp3) is 0.400. The van der Waals surface area contributed by atoms with Crippen LogP contribution in [0.4, 0.5) is 0 Å². The number of ketones is 1. The zero-order valence-electron chi connectivity index (χ0n) is 21.7. The first-order chi connectivity index (χ1) is 18.9. The molecule has 2 bridgehead atoms.